The number of ether oxygens (including phenoxy) is 1. The number of anilines is 2. The van der Waals surface area contributed by atoms with Crippen molar-refractivity contribution in [2.75, 3.05) is 31.8 Å². The van der Waals surface area contributed by atoms with E-state index in [1.165, 1.54) is 26.0 Å². The third-order valence-corrected chi connectivity index (χ3v) is 3.73. The van der Waals surface area contributed by atoms with Gasteiger partial charge in [0.2, 0.25) is 0 Å². The maximum Gasteiger partial charge on any atom is 0.167 e. The molecule has 0 aliphatic heterocycles. The molecule has 1 aliphatic carbocycles. The van der Waals surface area contributed by atoms with Crippen molar-refractivity contribution in [3.63, 3.8) is 0 Å². The maximum atomic E-state index is 13.4. The van der Waals surface area contributed by atoms with E-state index < -0.39 is 5.82 Å². The zero-order valence-electron chi connectivity index (χ0n) is 11.7. The number of hydrogen-bond donors (Lipinski definition) is 2. The second-order valence-electron chi connectivity index (χ2n) is 5.20. The first-order valence-corrected chi connectivity index (χ1v) is 6.61. The van der Waals surface area contributed by atoms with Crippen molar-refractivity contribution in [3.05, 3.63) is 17.9 Å². The molecule has 19 heavy (non-hydrogen) atoms. The van der Waals surface area contributed by atoms with Gasteiger partial charge in [0.05, 0.1) is 18.5 Å². The molecule has 106 valence electrons. The Morgan fingerprint density at radius 2 is 2.21 bits per heavy atom. The topological polar surface area (TPSA) is 50.5 Å². The predicted molar refractivity (Wildman–Crippen MR) is 76.1 cm³/mol. The lowest BCUT2D eigenvalue weighted by Gasteiger charge is -2.25. The van der Waals surface area contributed by atoms with Gasteiger partial charge in [0.15, 0.2) is 11.6 Å². The minimum atomic E-state index is -0.436. The fourth-order valence-electron chi connectivity index (χ4n) is 2.12. The van der Waals surface area contributed by atoms with Crippen LogP contribution in [0.1, 0.15) is 19.8 Å². The van der Waals surface area contributed by atoms with Crippen LogP contribution in [0.4, 0.5) is 15.8 Å². The Labute approximate surface area is 113 Å². The van der Waals surface area contributed by atoms with Crippen LogP contribution in [0, 0.1) is 5.82 Å². The van der Waals surface area contributed by atoms with Gasteiger partial charge in [-0.3, -0.25) is 4.90 Å². The third-order valence-electron chi connectivity index (χ3n) is 3.73. The summed E-state index contributed by atoms with van der Waals surface area (Å²) in [6.45, 7) is 2.94. The van der Waals surface area contributed by atoms with E-state index in [1.807, 2.05) is 0 Å². The summed E-state index contributed by atoms with van der Waals surface area (Å²) < 4.78 is 18.4. The van der Waals surface area contributed by atoms with Crippen LogP contribution >= 0.6 is 0 Å². The molecule has 0 amide bonds. The molecule has 3 N–H and O–H groups in total. The quantitative estimate of drug-likeness (QED) is 0.777. The van der Waals surface area contributed by atoms with Gasteiger partial charge < -0.3 is 15.8 Å². The lowest BCUT2D eigenvalue weighted by atomic mass is 10.2. The first-order valence-electron chi connectivity index (χ1n) is 6.61. The fourth-order valence-corrected chi connectivity index (χ4v) is 2.12. The summed E-state index contributed by atoms with van der Waals surface area (Å²) in [6, 6.07) is 4.02. The van der Waals surface area contributed by atoms with Gasteiger partial charge in [0.1, 0.15) is 0 Å². The smallest absolute Gasteiger partial charge is 0.167 e. The highest BCUT2D eigenvalue weighted by Gasteiger charge is 2.28. The highest BCUT2D eigenvalue weighted by Crippen LogP contribution is 2.29. The van der Waals surface area contributed by atoms with Crippen LogP contribution in [0.5, 0.6) is 5.75 Å². The summed E-state index contributed by atoms with van der Waals surface area (Å²) in [6.07, 6.45) is 2.57. The highest BCUT2D eigenvalue weighted by molar-refractivity contribution is 5.68. The summed E-state index contributed by atoms with van der Waals surface area (Å²) in [5, 5.41) is 3.26. The van der Waals surface area contributed by atoms with Gasteiger partial charge in [-0.25, -0.2) is 4.39 Å². The number of nitrogens with zero attached hydrogens (tertiary/aromatic N) is 1. The molecular formula is C14H22FN3O. The molecule has 0 aromatic heterocycles. The van der Waals surface area contributed by atoms with Gasteiger partial charge in [-0.05, 0) is 26.8 Å². The lowest BCUT2D eigenvalue weighted by molar-refractivity contribution is 0.257. The average Bonchev–Trinajstić information content (AvgIpc) is 3.20. The first-order chi connectivity index (χ1) is 9.02. The molecule has 2 rings (SSSR count). The Bertz CT molecular complexity index is 449. The molecule has 1 aromatic carbocycles. The van der Waals surface area contributed by atoms with Gasteiger partial charge in [-0.2, -0.15) is 0 Å². The first kappa shape index (κ1) is 13.9. The lowest BCUT2D eigenvalue weighted by Crippen LogP contribution is -2.36. The number of rotatable bonds is 6. The van der Waals surface area contributed by atoms with Crippen LogP contribution in [-0.4, -0.2) is 37.7 Å². The summed E-state index contributed by atoms with van der Waals surface area (Å²) in [7, 11) is 3.58. The zero-order chi connectivity index (χ0) is 14.0. The Kier molecular flexibility index (Phi) is 4.14. The van der Waals surface area contributed by atoms with E-state index in [0.29, 0.717) is 17.4 Å². The average molecular weight is 267 g/mol. The Morgan fingerprint density at radius 3 is 2.79 bits per heavy atom. The fraction of sp³-hybridized carbons (Fsp3) is 0.571. The molecule has 5 heteroatoms. The highest BCUT2D eigenvalue weighted by atomic mass is 19.1. The SMILES string of the molecule is COc1cc(NCC(C)N(C)C2CC2)c(N)cc1F. The number of halogens is 1. The van der Waals surface area contributed by atoms with Crippen molar-refractivity contribution in [2.24, 2.45) is 0 Å². The zero-order valence-corrected chi connectivity index (χ0v) is 11.7. The number of benzene rings is 1. The van der Waals surface area contributed by atoms with E-state index in [-0.39, 0.29) is 5.75 Å². The van der Waals surface area contributed by atoms with Crippen LogP contribution in [0.15, 0.2) is 12.1 Å². The minimum absolute atomic E-state index is 0.208. The minimum Gasteiger partial charge on any atom is -0.494 e. The molecule has 4 nitrogen and oxygen atoms in total. The number of nitrogens with two attached hydrogens (primary N) is 1. The van der Waals surface area contributed by atoms with Crippen molar-refractivity contribution < 1.29 is 9.13 Å². The number of methoxy groups -OCH3 is 1. The Balaban J connectivity index is 1.98. The Morgan fingerprint density at radius 1 is 1.53 bits per heavy atom. The van der Waals surface area contributed by atoms with Gasteiger partial charge in [-0.15, -0.1) is 0 Å². The molecule has 0 heterocycles. The molecule has 0 bridgehead atoms. The third kappa shape index (κ3) is 3.29. The standard InChI is InChI=1S/C14H22FN3O/c1-9(18(2)10-4-5-10)8-17-13-7-14(19-3)11(15)6-12(13)16/h6-7,9-10,17H,4-5,8,16H2,1-3H3. The van der Waals surface area contributed by atoms with Crippen molar-refractivity contribution in [1.29, 1.82) is 0 Å². The van der Waals surface area contributed by atoms with E-state index >= 15 is 0 Å². The van der Waals surface area contributed by atoms with Crippen LogP contribution in [0.2, 0.25) is 0 Å². The van der Waals surface area contributed by atoms with Gasteiger partial charge in [0, 0.05) is 30.8 Å². The van der Waals surface area contributed by atoms with Crippen LogP contribution in [0.25, 0.3) is 0 Å². The monoisotopic (exact) mass is 267 g/mol. The van der Waals surface area contributed by atoms with Gasteiger partial charge in [-0.1, -0.05) is 0 Å². The summed E-state index contributed by atoms with van der Waals surface area (Å²) in [4.78, 5) is 2.37. The number of hydrogen-bond acceptors (Lipinski definition) is 4. The second-order valence-corrected chi connectivity index (χ2v) is 5.20. The second kappa shape index (κ2) is 5.65. The maximum absolute atomic E-state index is 13.4. The van der Waals surface area contributed by atoms with E-state index in [2.05, 4.69) is 24.2 Å². The van der Waals surface area contributed by atoms with Crippen molar-refractivity contribution in [3.8, 4) is 5.75 Å². The van der Waals surface area contributed by atoms with E-state index in [9.17, 15) is 4.39 Å². The van der Waals surface area contributed by atoms with Crippen molar-refractivity contribution in [2.45, 2.75) is 31.8 Å². The molecule has 1 fully saturated rings. The summed E-state index contributed by atoms with van der Waals surface area (Å²) in [5.41, 5.74) is 6.93. The number of likely N-dealkylation sites (N-methyl/N-ethyl adjacent to an activating group) is 1. The molecule has 1 atom stereocenters. The largest absolute Gasteiger partial charge is 0.494 e. The predicted octanol–water partition coefficient (Wildman–Crippen LogP) is 2.31. The van der Waals surface area contributed by atoms with Crippen molar-refractivity contribution in [1.82, 2.24) is 4.90 Å². The van der Waals surface area contributed by atoms with E-state index in [4.69, 9.17) is 10.5 Å². The number of nitrogen functional groups attached to an aromatic ring is 1. The van der Waals surface area contributed by atoms with Crippen LogP contribution in [0.3, 0.4) is 0 Å². The van der Waals surface area contributed by atoms with Gasteiger partial charge >= 0.3 is 0 Å². The Hall–Kier alpha value is -1.49. The van der Waals surface area contributed by atoms with Gasteiger partial charge in [0.25, 0.3) is 0 Å². The molecule has 1 unspecified atom stereocenters. The molecule has 1 saturated carbocycles. The molecule has 0 radical (unpaired) electrons. The summed E-state index contributed by atoms with van der Waals surface area (Å²) >= 11 is 0. The molecule has 1 aliphatic rings. The molecule has 1 aromatic rings. The molecule has 0 saturated heterocycles. The van der Waals surface area contributed by atoms with E-state index in [1.54, 1.807) is 6.07 Å². The van der Waals surface area contributed by atoms with Crippen LogP contribution in [-0.2, 0) is 0 Å². The molecular weight excluding hydrogens is 245 g/mol. The normalized spacial score (nSPS) is 16.5. The molecule has 0 spiro atoms. The number of nitrogens with one attached hydrogen (secondary N) is 1. The van der Waals surface area contributed by atoms with Crippen molar-refractivity contribution >= 4 is 11.4 Å². The summed E-state index contributed by atoms with van der Waals surface area (Å²) in [5.74, 6) is -0.228. The van der Waals surface area contributed by atoms with E-state index in [0.717, 1.165) is 12.6 Å². The van der Waals surface area contributed by atoms with Crippen LogP contribution < -0.4 is 15.8 Å².